The molecule has 2 amide bonds. The molecule has 3 rings (SSSR count). The van der Waals surface area contributed by atoms with Crippen LogP contribution in [0.5, 0.6) is 5.75 Å². The van der Waals surface area contributed by atoms with Gasteiger partial charge in [-0.05, 0) is 41.6 Å². The summed E-state index contributed by atoms with van der Waals surface area (Å²) >= 11 is 7.58. The molecule has 1 aliphatic heterocycles. The van der Waals surface area contributed by atoms with Crippen LogP contribution in [-0.2, 0) is 16.0 Å². The average molecular weight is 381 g/mol. The Kier molecular flexibility index (Phi) is 5.15. The fraction of sp³-hybridized carbons (Fsp3) is 0.294. The molecule has 0 radical (unpaired) electrons. The molecule has 1 N–H and O–H groups in total. The molecule has 6 nitrogen and oxygen atoms in total. The largest absolute Gasteiger partial charge is 0.495 e. The molecule has 25 heavy (non-hydrogen) atoms. The summed E-state index contributed by atoms with van der Waals surface area (Å²) in [5, 5.41) is 5.17. The second-order valence-corrected chi connectivity index (χ2v) is 6.88. The van der Waals surface area contributed by atoms with Gasteiger partial charge in [-0.1, -0.05) is 11.6 Å². The van der Waals surface area contributed by atoms with Gasteiger partial charge in [0.25, 0.3) is 0 Å². The molecule has 1 unspecified atom stereocenters. The van der Waals surface area contributed by atoms with Gasteiger partial charge in [-0.2, -0.15) is 0 Å². The first kappa shape index (κ1) is 17.6. The molecule has 2 heterocycles. The number of carbonyl (C=O) groups is 2. The zero-order valence-electron chi connectivity index (χ0n) is 13.7. The molecule has 8 heteroatoms. The van der Waals surface area contributed by atoms with Crippen LogP contribution < -0.4 is 10.1 Å². The quantitative estimate of drug-likeness (QED) is 0.824. The van der Waals surface area contributed by atoms with Crippen molar-refractivity contribution < 1.29 is 19.1 Å². The number of thiophene rings is 1. The first-order valence-corrected chi connectivity index (χ1v) is 8.86. The van der Waals surface area contributed by atoms with Gasteiger partial charge >= 0.3 is 12.0 Å². The number of methoxy groups -OCH3 is 2. The number of halogens is 1. The van der Waals surface area contributed by atoms with Crippen LogP contribution in [0.3, 0.4) is 0 Å². The summed E-state index contributed by atoms with van der Waals surface area (Å²) in [7, 11) is 2.83. The van der Waals surface area contributed by atoms with E-state index < -0.39 is 18.0 Å². The summed E-state index contributed by atoms with van der Waals surface area (Å²) in [6.45, 7) is 0.419. The van der Waals surface area contributed by atoms with E-state index in [0.717, 1.165) is 10.4 Å². The molecule has 1 aromatic carbocycles. The summed E-state index contributed by atoms with van der Waals surface area (Å²) in [5.74, 6) is 0.0214. The van der Waals surface area contributed by atoms with Gasteiger partial charge in [-0.3, -0.25) is 0 Å². The maximum Gasteiger partial charge on any atom is 0.333 e. The van der Waals surface area contributed by atoms with Gasteiger partial charge in [0, 0.05) is 16.4 Å². The van der Waals surface area contributed by atoms with Crippen LogP contribution in [0.2, 0.25) is 5.02 Å². The summed E-state index contributed by atoms with van der Waals surface area (Å²) in [6, 6.07) is 5.64. The first-order valence-electron chi connectivity index (χ1n) is 7.60. The number of carbonyl (C=O) groups excluding carboxylic acids is 2. The molecule has 2 aromatic rings. The maximum absolute atomic E-state index is 12.8. The van der Waals surface area contributed by atoms with Crippen LogP contribution in [0.1, 0.15) is 16.5 Å². The summed E-state index contributed by atoms with van der Waals surface area (Å²) < 4.78 is 10.2. The third kappa shape index (κ3) is 3.43. The first-order chi connectivity index (χ1) is 12.0. The van der Waals surface area contributed by atoms with Gasteiger partial charge in [0.15, 0.2) is 6.04 Å². The van der Waals surface area contributed by atoms with Crippen LogP contribution in [-0.4, -0.2) is 37.7 Å². The van der Waals surface area contributed by atoms with Crippen molar-refractivity contribution in [2.24, 2.45) is 0 Å². The van der Waals surface area contributed by atoms with Crippen LogP contribution in [0, 0.1) is 0 Å². The predicted octanol–water partition coefficient (Wildman–Crippen LogP) is 3.71. The molecule has 132 valence electrons. The molecule has 0 aliphatic carbocycles. The summed E-state index contributed by atoms with van der Waals surface area (Å²) in [6.07, 6.45) is 0.695. The van der Waals surface area contributed by atoms with E-state index >= 15 is 0 Å². The fourth-order valence-corrected chi connectivity index (χ4v) is 3.94. The molecular formula is C17H17ClN2O4S. The van der Waals surface area contributed by atoms with Crippen molar-refractivity contribution in [1.29, 1.82) is 0 Å². The lowest BCUT2D eigenvalue weighted by Crippen LogP contribution is -2.45. The highest BCUT2D eigenvalue weighted by Gasteiger charge is 2.37. The minimum absolute atomic E-state index is 0.409. The van der Waals surface area contributed by atoms with Crippen molar-refractivity contribution in [1.82, 2.24) is 4.90 Å². The molecular weight excluding hydrogens is 364 g/mol. The molecule has 1 aliphatic rings. The lowest BCUT2D eigenvalue weighted by Gasteiger charge is -2.34. The third-order valence-electron chi connectivity index (χ3n) is 4.05. The molecule has 0 bridgehead atoms. The molecule has 1 aromatic heterocycles. The highest BCUT2D eigenvalue weighted by molar-refractivity contribution is 7.10. The van der Waals surface area contributed by atoms with E-state index in [4.69, 9.17) is 21.1 Å². The molecule has 1 atom stereocenters. The van der Waals surface area contributed by atoms with E-state index in [-0.39, 0.29) is 0 Å². The van der Waals surface area contributed by atoms with Crippen molar-refractivity contribution in [3.63, 3.8) is 0 Å². The number of ether oxygens (including phenoxy) is 2. The monoisotopic (exact) mass is 380 g/mol. The number of rotatable bonds is 3. The standard InChI is InChI=1S/C17H17ClN2O4S/c1-23-13-4-3-10(18)9-12(13)19-17(22)20-7-5-14-11(6-8-25-14)15(20)16(21)24-2/h3-4,6,8-9,15H,5,7H2,1-2H3,(H,19,22). The number of anilines is 1. The predicted molar refractivity (Wildman–Crippen MR) is 96.5 cm³/mol. The summed E-state index contributed by atoms with van der Waals surface area (Å²) in [4.78, 5) is 27.7. The number of hydrogen-bond donors (Lipinski definition) is 1. The minimum atomic E-state index is -0.759. The number of urea groups is 1. The van der Waals surface area contributed by atoms with Gasteiger partial charge in [-0.15, -0.1) is 11.3 Å². The van der Waals surface area contributed by atoms with E-state index in [1.54, 1.807) is 29.5 Å². The Hall–Kier alpha value is -2.25. The van der Waals surface area contributed by atoms with Gasteiger partial charge in [0.1, 0.15) is 5.75 Å². The van der Waals surface area contributed by atoms with Crippen LogP contribution in [0.15, 0.2) is 29.6 Å². The van der Waals surface area contributed by atoms with E-state index in [1.165, 1.54) is 19.1 Å². The van der Waals surface area contributed by atoms with Gasteiger partial charge in [0.2, 0.25) is 0 Å². The Labute approximate surface area is 154 Å². The fourth-order valence-electron chi connectivity index (χ4n) is 2.87. The molecule has 0 spiro atoms. The number of fused-ring (bicyclic) bond motifs is 1. The molecule has 0 saturated carbocycles. The number of hydrogen-bond acceptors (Lipinski definition) is 5. The van der Waals surface area contributed by atoms with Crippen molar-refractivity contribution in [2.75, 3.05) is 26.1 Å². The van der Waals surface area contributed by atoms with Crippen molar-refractivity contribution in [2.45, 2.75) is 12.5 Å². The normalized spacial score (nSPS) is 16.1. The SMILES string of the molecule is COC(=O)C1c2ccsc2CCN1C(=O)Nc1cc(Cl)ccc1OC. The van der Waals surface area contributed by atoms with E-state index in [2.05, 4.69) is 5.32 Å². The van der Waals surface area contributed by atoms with Gasteiger partial charge in [-0.25, -0.2) is 9.59 Å². The Balaban J connectivity index is 1.89. The number of benzene rings is 1. The number of nitrogens with zero attached hydrogens (tertiary/aromatic N) is 1. The number of nitrogens with one attached hydrogen (secondary N) is 1. The van der Waals surface area contributed by atoms with Gasteiger partial charge in [0.05, 0.1) is 19.9 Å². The zero-order valence-corrected chi connectivity index (χ0v) is 15.3. The highest BCUT2D eigenvalue weighted by Crippen LogP contribution is 2.35. The summed E-state index contributed by atoms with van der Waals surface area (Å²) in [5.41, 5.74) is 1.26. The van der Waals surface area contributed by atoms with E-state index in [1.807, 2.05) is 11.4 Å². The van der Waals surface area contributed by atoms with E-state index in [9.17, 15) is 9.59 Å². The second kappa shape index (κ2) is 7.33. The van der Waals surface area contributed by atoms with Crippen molar-refractivity contribution in [3.05, 3.63) is 45.1 Å². The Bertz CT molecular complexity index is 808. The Morgan fingerprint density at radius 2 is 2.12 bits per heavy atom. The smallest absolute Gasteiger partial charge is 0.333 e. The molecule has 0 saturated heterocycles. The van der Waals surface area contributed by atoms with Crippen LogP contribution in [0.4, 0.5) is 10.5 Å². The van der Waals surface area contributed by atoms with Crippen LogP contribution >= 0.6 is 22.9 Å². The van der Waals surface area contributed by atoms with Crippen molar-refractivity contribution in [3.8, 4) is 5.75 Å². The highest BCUT2D eigenvalue weighted by atomic mass is 35.5. The Morgan fingerprint density at radius 1 is 1.32 bits per heavy atom. The topological polar surface area (TPSA) is 67.9 Å². The minimum Gasteiger partial charge on any atom is -0.495 e. The second-order valence-electron chi connectivity index (χ2n) is 5.44. The lowest BCUT2D eigenvalue weighted by molar-refractivity contribution is -0.146. The third-order valence-corrected chi connectivity index (χ3v) is 5.29. The van der Waals surface area contributed by atoms with Crippen molar-refractivity contribution >= 4 is 40.6 Å². The zero-order chi connectivity index (χ0) is 18.0. The Morgan fingerprint density at radius 3 is 2.84 bits per heavy atom. The lowest BCUT2D eigenvalue weighted by atomic mass is 10.0. The number of amides is 2. The van der Waals surface area contributed by atoms with E-state index in [0.29, 0.717) is 29.4 Å². The average Bonchev–Trinajstić information content (AvgIpc) is 3.09. The molecule has 0 fully saturated rings. The number of esters is 1. The van der Waals surface area contributed by atoms with Crippen LogP contribution in [0.25, 0.3) is 0 Å². The van der Waals surface area contributed by atoms with Gasteiger partial charge < -0.3 is 19.7 Å². The maximum atomic E-state index is 12.8.